The molecule has 0 aliphatic carbocycles. The van der Waals surface area contributed by atoms with Crippen LogP contribution >= 0.6 is 0 Å². The standard InChI is InChI=1S/C15H13N3O3S/c1-11-2-8-14(9-3-11)22(19,20)18-13-6-4-12(5-7-13)15-17-16-10-21-15/h2-10,18H,1H3. The summed E-state index contributed by atoms with van der Waals surface area (Å²) in [4.78, 5) is 0.221. The first-order valence-electron chi connectivity index (χ1n) is 6.51. The summed E-state index contributed by atoms with van der Waals surface area (Å²) in [6, 6.07) is 13.4. The highest BCUT2D eigenvalue weighted by Gasteiger charge is 2.14. The Balaban J connectivity index is 1.82. The minimum Gasteiger partial charge on any atom is -0.423 e. The van der Waals surface area contributed by atoms with Gasteiger partial charge in [0.25, 0.3) is 10.0 Å². The molecule has 3 rings (SSSR count). The molecule has 22 heavy (non-hydrogen) atoms. The summed E-state index contributed by atoms with van der Waals surface area (Å²) in [5, 5.41) is 7.39. The van der Waals surface area contributed by atoms with E-state index in [1.165, 1.54) is 6.39 Å². The first-order chi connectivity index (χ1) is 10.5. The number of hydrogen-bond acceptors (Lipinski definition) is 5. The van der Waals surface area contributed by atoms with E-state index < -0.39 is 10.0 Å². The number of nitrogens with zero attached hydrogens (tertiary/aromatic N) is 2. The molecule has 0 fully saturated rings. The summed E-state index contributed by atoms with van der Waals surface area (Å²) in [5.41, 5.74) is 2.18. The topological polar surface area (TPSA) is 85.1 Å². The SMILES string of the molecule is Cc1ccc(S(=O)(=O)Nc2ccc(-c3nnco3)cc2)cc1. The molecule has 2 aromatic carbocycles. The van der Waals surface area contributed by atoms with Crippen molar-refractivity contribution >= 4 is 15.7 Å². The predicted molar refractivity (Wildman–Crippen MR) is 81.7 cm³/mol. The lowest BCUT2D eigenvalue weighted by Gasteiger charge is -2.08. The van der Waals surface area contributed by atoms with Gasteiger partial charge in [0.2, 0.25) is 12.3 Å². The van der Waals surface area contributed by atoms with Crippen LogP contribution in [0.5, 0.6) is 0 Å². The van der Waals surface area contributed by atoms with Gasteiger partial charge in [-0.3, -0.25) is 4.72 Å². The zero-order valence-corrected chi connectivity index (χ0v) is 12.5. The Hall–Kier alpha value is -2.67. The summed E-state index contributed by atoms with van der Waals surface area (Å²) in [6.45, 7) is 1.90. The Morgan fingerprint density at radius 3 is 2.27 bits per heavy atom. The van der Waals surface area contributed by atoms with Crippen molar-refractivity contribution in [3.05, 3.63) is 60.5 Å². The van der Waals surface area contributed by atoms with E-state index in [2.05, 4.69) is 14.9 Å². The van der Waals surface area contributed by atoms with E-state index in [1.54, 1.807) is 48.5 Å². The molecule has 0 atom stereocenters. The van der Waals surface area contributed by atoms with Crippen LogP contribution < -0.4 is 4.72 Å². The first kappa shape index (κ1) is 14.3. The van der Waals surface area contributed by atoms with Crippen LogP contribution in [0.3, 0.4) is 0 Å². The summed E-state index contributed by atoms with van der Waals surface area (Å²) in [5.74, 6) is 0.382. The zero-order valence-electron chi connectivity index (χ0n) is 11.7. The normalized spacial score (nSPS) is 11.3. The van der Waals surface area contributed by atoms with Crippen molar-refractivity contribution in [2.75, 3.05) is 4.72 Å². The van der Waals surface area contributed by atoms with Crippen molar-refractivity contribution in [2.24, 2.45) is 0 Å². The number of aryl methyl sites for hydroxylation is 1. The monoisotopic (exact) mass is 315 g/mol. The maximum atomic E-state index is 12.3. The molecule has 0 bridgehead atoms. The predicted octanol–water partition coefficient (Wildman–Crippen LogP) is 2.85. The van der Waals surface area contributed by atoms with E-state index >= 15 is 0 Å². The smallest absolute Gasteiger partial charge is 0.261 e. The summed E-state index contributed by atoms with van der Waals surface area (Å²) in [6.07, 6.45) is 1.24. The zero-order chi connectivity index (χ0) is 15.6. The summed E-state index contributed by atoms with van der Waals surface area (Å²) < 4.78 is 32.2. The van der Waals surface area contributed by atoms with E-state index in [0.717, 1.165) is 11.1 Å². The second-order valence-electron chi connectivity index (χ2n) is 4.74. The third-order valence-electron chi connectivity index (χ3n) is 3.08. The number of nitrogens with one attached hydrogen (secondary N) is 1. The number of aromatic nitrogens is 2. The maximum absolute atomic E-state index is 12.3. The Morgan fingerprint density at radius 2 is 1.68 bits per heavy atom. The Kier molecular flexibility index (Phi) is 3.64. The van der Waals surface area contributed by atoms with Gasteiger partial charge in [-0.15, -0.1) is 10.2 Å². The molecule has 0 aliphatic rings. The first-order valence-corrected chi connectivity index (χ1v) is 7.99. The fraction of sp³-hybridized carbons (Fsp3) is 0.0667. The van der Waals surface area contributed by atoms with E-state index in [9.17, 15) is 8.42 Å². The quantitative estimate of drug-likeness (QED) is 0.800. The Morgan fingerprint density at radius 1 is 1.00 bits per heavy atom. The Bertz CT molecular complexity index is 855. The molecule has 0 unspecified atom stereocenters. The molecule has 0 saturated carbocycles. The fourth-order valence-electron chi connectivity index (χ4n) is 1.91. The molecule has 7 heteroatoms. The average molecular weight is 315 g/mol. The second-order valence-corrected chi connectivity index (χ2v) is 6.42. The highest BCUT2D eigenvalue weighted by molar-refractivity contribution is 7.92. The van der Waals surface area contributed by atoms with Gasteiger partial charge >= 0.3 is 0 Å². The van der Waals surface area contributed by atoms with E-state index in [1.807, 2.05) is 6.92 Å². The van der Waals surface area contributed by atoms with Crippen LogP contribution in [0.15, 0.2) is 64.2 Å². The van der Waals surface area contributed by atoms with Crippen LogP contribution in [0.1, 0.15) is 5.56 Å². The van der Waals surface area contributed by atoms with Gasteiger partial charge in [0, 0.05) is 11.3 Å². The van der Waals surface area contributed by atoms with Crippen molar-refractivity contribution in [1.82, 2.24) is 10.2 Å². The fourth-order valence-corrected chi connectivity index (χ4v) is 2.97. The van der Waals surface area contributed by atoms with Crippen molar-refractivity contribution in [2.45, 2.75) is 11.8 Å². The van der Waals surface area contributed by atoms with Crippen molar-refractivity contribution in [3.63, 3.8) is 0 Å². The minimum atomic E-state index is -3.60. The van der Waals surface area contributed by atoms with Crippen LogP contribution in [0.4, 0.5) is 5.69 Å². The average Bonchev–Trinajstić information content (AvgIpc) is 3.02. The lowest BCUT2D eigenvalue weighted by molar-refractivity contribution is 0.568. The molecule has 0 amide bonds. The highest BCUT2D eigenvalue weighted by Crippen LogP contribution is 2.21. The van der Waals surface area contributed by atoms with E-state index in [4.69, 9.17) is 4.42 Å². The molecule has 112 valence electrons. The number of benzene rings is 2. The number of anilines is 1. The van der Waals surface area contributed by atoms with Crippen LogP contribution in [-0.2, 0) is 10.0 Å². The molecule has 0 radical (unpaired) electrons. The van der Waals surface area contributed by atoms with Gasteiger partial charge in [-0.25, -0.2) is 8.42 Å². The van der Waals surface area contributed by atoms with Crippen LogP contribution in [-0.4, -0.2) is 18.6 Å². The van der Waals surface area contributed by atoms with Crippen molar-refractivity contribution in [3.8, 4) is 11.5 Å². The molecule has 3 aromatic rings. The Labute approximate surface area is 127 Å². The third kappa shape index (κ3) is 2.99. The molecule has 1 N–H and O–H groups in total. The van der Waals surface area contributed by atoms with Gasteiger partial charge in [-0.05, 0) is 43.3 Å². The molecular weight excluding hydrogens is 302 g/mol. The van der Waals surface area contributed by atoms with E-state index in [-0.39, 0.29) is 4.90 Å². The number of hydrogen-bond donors (Lipinski definition) is 1. The maximum Gasteiger partial charge on any atom is 0.261 e. The lowest BCUT2D eigenvalue weighted by atomic mass is 10.2. The highest BCUT2D eigenvalue weighted by atomic mass is 32.2. The molecule has 0 spiro atoms. The van der Waals surface area contributed by atoms with Gasteiger partial charge in [0.05, 0.1) is 4.90 Å². The minimum absolute atomic E-state index is 0.221. The van der Waals surface area contributed by atoms with Crippen LogP contribution in [0, 0.1) is 6.92 Å². The molecule has 0 aliphatic heterocycles. The summed E-state index contributed by atoms with van der Waals surface area (Å²) in [7, 11) is -3.60. The molecule has 1 heterocycles. The summed E-state index contributed by atoms with van der Waals surface area (Å²) >= 11 is 0. The number of sulfonamides is 1. The van der Waals surface area contributed by atoms with Crippen molar-refractivity contribution < 1.29 is 12.8 Å². The van der Waals surface area contributed by atoms with Gasteiger partial charge < -0.3 is 4.42 Å². The lowest BCUT2D eigenvalue weighted by Crippen LogP contribution is -2.12. The number of rotatable bonds is 4. The molecule has 6 nitrogen and oxygen atoms in total. The van der Waals surface area contributed by atoms with Crippen LogP contribution in [0.2, 0.25) is 0 Å². The van der Waals surface area contributed by atoms with Crippen molar-refractivity contribution in [1.29, 1.82) is 0 Å². The van der Waals surface area contributed by atoms with Crippen LogP contribution in [0.25, 0.3) is 11.5 Å². The van der Waals surface area contributed by atoms with Gasteiger partial charge in [-0.2, -0.15) is 0 Å². The molecule has 1 aromatic heterocycles. The third-order valence-corrected chi connectivity index (χ3v) is 4.47. The van der Waals surface area contributed by atoms with Gasteiger partial charge in [0.15, 0.2) is 0 Å². The largest absolute Gasteiger partial charge is 0.423 e. The second kappa shape index (κ2) is 5.61. The van der Waals surface area contributed by atoms with Gasteiger partial charge in [0.1, 0.15) is 0 Å². The molecular formula is C15H13N3O3S. The molecule has 0 saturated heterocycles. The van der Waals surface area contributed by atoms with Gasteiger partial charge in [-0.1, -0.05) is 17.7 Å². The van der Waals surface area contributed by atoms with E-state index in [0.29, 0.717) is 11.6 Å².